The summed E-state index contributed by atoms with van der Waals surface area (Å²) in [5.41, 5.74) is 0. The fraction of sp³-hybridized carbons (Fsp3) is 0.357. The van der Waals surface area contributed by atoms with Crippen LogP contribution in [-0.2, 0) is 14.8 Å². The Morgan fingerprint density at radius 2 is 2.13 bits per heavy atom. The van der Waals surface area contributed by atoms with Gasteiger partial charge in [0.15, 0.2) is 0 Å². The number of thioether (sulfide) groups is 1. The van der Waals surface area contributed by atoms with Crippen molar-refractivity contribution >= 4 is 50.9 Å². The van der Waals surface area contributed by atoms with Gasteiger partial charge < -0.3 is 5.32 Å². The number of rotatable bonds is 9. The van der Waals surface area contributed by atoms with Gasteiger partial charge in [-0.2, -0.15) is 16.5 Å². The molecule has 0 saturated carbocycles. The zero-order valence-electron chi connectivity index (χ0n) is 12.5. The second kappa shape index (κ2) is 9.54. The van der Waals surface area contributed by atoms with E-state index in [1.54, 1.807) is 0 Å². The molecule has 1 aromatic rings. The van der Waals surface area contributed by atoms with Crippen molar-refractivity contribution in [3.8, 4) is 0 Å². The van der Waals surface area contributed by atoms with Crippen LogP contribution in [0.5, 0.6) is 0 Å². The van der Waals surface area contributed by atoms with Crippen molar-refractivity contribution in [1.29, 1.82) is 0 Å². The molecule has 0 radical (unpaired) electrons. The summed E-state index contributed by atoms with van der Waals surface area (Å²) >= 11 is 13.3. The number of sulfonamides is 1. The maximum absolute atomic E-state index is 12.5. The molecule has 23 heavy (non-hydrogen) atoms. The second-order valence-electron chi connectivity index (χ2n) is 4.56. The second-order valence-corrected chi connectivity index (χ2v) is 8.08. The lowest BCUT2D eigenvalue weighted by Crippen LogP contribution is -2.47. The lowest BCUT2D eigenvalue weighted by atomic mass is 10.2. The predicted octanol–water partition coefficient (Wildman–Crippen LogP) is 2.70. The first-order chi connectivity index (χ1) is 10.8. The quantitative estimate of drug-likeness (QED) is 0.629. The molecule has 0 aromatic heterocycles. The normalized spacial score (nSPS) is 12.7. The van der Waals surface area contributed by atoms with E-state index in [0.717, 1.165) is 0 Å². The Hall–Kier alpha value is -0.730. The van der Waals surface area contributed by atoms with Crippen molar-refractivity contribution in [1.82, 2.24) is 10.0 Å². The Labute approximate surface area is 150 Å². The number of nitrogens with one attached hydrogen (secondary N) is 2. The van der Waals surface area contributed by atoms with E-state index in [0.29, 0.717) is 12.2 Å². The number of hydrogen-bond donors (Lipinski definition) is 2. The highest BCUT2D eigenvalue weighted by Gasteiger charge is 2.26. The van der Waals surface area contributed by atoms with Crippen LogP contribution < -0.4 is 10.0 Å². The van der Waals surface area contributed by atoms with Crippen LogP contribution in [0.25, 0.3) is 0 Å². The third-order valence-corrected chi connectivity index (χ3v) is 5.66. The fourth-order valence-electron chi connectivity index (χ4n) is 1.71. The van der Waals surface area contributed by atoms with Crippen LogP contribution in [0.4, 0.5) is 0 Å². The minimum Gasteiger partial charge on any atom is -0.351 e. The highest BCUT2D eigenvalue weighted by atomic mass is 35.5. The molecule has 1 rings (SSSR count). The van der Waals surface area contributed by atoms with Gasteiger partial charge in [0.1, 0.15) is 10.9 Å². The topological polar surface area (TPSA) is 75.3 Å². The zero-order chi connectivity index (χ0) is 17.5. The molecule has 1 atom stereocenters. The summed E-state index contributed by atoms with van der Waals surface area (Å²) in [6, 6.07) is 3.24. The molecule has 0 bridgehead atoms. The largest absolute Gasteiger partial charge is 0.351 e. The Balaban J connectivity index is 3.02. The van der Waals surface area contributed by atoms with Gasteiger partial charge in [0.2, 0.25) is 15.9 Å². The van der Waals surface area contributed by atoms with Crippen LogP contribution in [-0.4, -0.2) is 38.9 Å². The van der Waals surface area contributed by atoms with Crippen molar-refractivity contribution < 1.29 is 13.2 Å². The van der Waals surface area contributed by atoms with Crippen molar-refractivity contribution in [3.63, 3.8) is 0 Å². The van der Waals surface area contributed by atoms with Gasteiger partial charge >= 0.3 is 0 Å². The van der Waals surface area contributed by atoms with Crippen LogP contribution in [0.15, 0.2) is 35.7 Å². The maximum Gasteiger partial charge on any atom is 0.242 e. The van der Waals surface area contributed by atoms with Crippen LogP contribution in [0.2, 0.25) is 10.0 Å². The monoisotopic (exact) mass is 396 g/mol. The highest BCUT2D eigenvalue weighted by molar-refractivity contribution is 7.98. The van der Waals surface area contributed by atoms with E-state index in [1.165, 1.54) is 36.0 Å². The maximum atomic E-state index is 12.5. The van der Waals surface area contributed by atoms with E-state index in [9.17, 15) is 13.2 Å². The van der Waals surface area contributed by atoms with E-state index >= 15 is 0 Å². The molecule has 0 spiro atoms. The number of hydrogen-bond acceptors (Lipinski definition) is 4. The van der Waals surface area contributed by atoms with Gasteiger partial charge in [0.05, 0.1) is 5.02 Å². The first kappa shape index (κ1) is 20.3. The lowest BCUT2D eigenvalue weighted by molar-refractivity contribution is -0.122. The van der Waals surface area contributed by atoms with Gasteiger partial charge in [-0.1, -0.05) is 29.3 Å². The first-order valence-corrected chi connectivity index (χ1v) is 10.3. The zero-order valence-corrected chi connectivity index (χ0v) is 15.7. The molecule has 0 aliphatic heterocycles. The molecular weight excluding hydrogens is 379 g/mol. The molecule has 0 aliphatic carbocycles. The minimum atomic E-state index is -3.98. The molecule has 5 nitrogen and oxygen atoms in total. The number of amides is 1. The summed E-state index contributed by atoms with van der Waals surface area (Å²) in [7, 11) is -3.98. The van der Waals surface area contributed by atoms with Gasteiger partial charge in [0, 0.05) is 11.6 Å². The third-order valence-electron chi connectivity index (χ3n) is 2.83. The molecule has 0 heterocycles. The summed E-state index contributed by atoms with van der Waals surface area (Å²) in [6.45, 7) is 3.77. The lowest BCUT2D eigenvalue weighted by Gasteiger charge is -2.18. The van der Waals surface area contributed by atoms with E-state index in [4.69, 9.17) is 23.2 Å². The molecule has 1 unspecified atom stereocenters. The van der Waals surface area contributed by atoms with Crippen molar-refractivity contribution in [2.45, 2.75) is 17.4 Å². The van der Waals surface area contributed by atoms with E-state index in [2.05, 4.69) is 16.6 Å². The highest BCUT2D eigenvalue weighted by Crippen LogP contribution is 2.25. The number of carbonyl (C=O) groups is 1. The number of halogens is 2. The summed E-state index contributed by atoms with van der Waals surface area (Å²) in [5, 5.41) is 2.87. The molecule has 2 N–H and O–H groups in total. The third kappa shape index (κ3) is 6.35. The Morgan fingerprint density at radius 1 is 1.43 bits per heavy atom. The Bertz CT molecular complexity index is 666. The molecule has 1 amide bonds. The van der Waals surface area contributed by atoms with E-state index in [1.807, 2.05) is 6.26 Å². The Kier molecular flexibility index (Phi) is 8.42. The number of benzene rings is 1. The van der Waals surface area contributed by atoms with Gasteiger partial charge in [-0.3, -0.25) is 4.79 Å². The summed E-state index contributed by atoms with van der Waals surface area (Å²) in [6.07, 6.45) is 3.74. The average Bonchev–Trinajstić information content (AvgIpc) is 2.51. The van der Waals surface area contributed by atoms with Crippen LogP contribution >= 0.6 is 35.0 Å². The van der Waals surface area contributed by atoms with Crippen molar-refractivity contribution in [3.05, 3.63) is 40.9 Å². The van der Waals surface area contributed by atoms with Gasteiger partial charge in [-0.05, 0) is 36.6 Å². The molecule has 128 valence electrons. The van der Waals surface area contributed by atoms with Crippen LogP contribution in [0.1, 0.15) is 6.42 Å². The molecule has 0 fully saturated rings. The van der Waals surface area contributed by atoms with E-state index in [-0.39, 0.29) is 21.5 Å². The van der Waals surface area contributed by atoms with E-state index < -0.39 is 22.0 Å². The molecule has 1 aromatic carbocycles. The molecule has 0 saturated heterocycles. The van der Waals surface area contributed by atoms with Gasteiger partial charge in [-0.15, -0.1) is 6.58 Å². The predicted molar refractivity (Wildman–Crippen MR) is 96.8 cm³/mol. The summed E-state index contributed by atoms with van der Waals surface area (Å²) in [5.74, 6) is 0.207. The smallest absolute Gasteiger partial charge is 0.242 e. The summed E-state index contributed by atoms with van der Waals surface area (Å²) < 4.78 is 27.4. The molecular formula is C14H18Cl2N2O3S2. The van der Waals surface area contributed by atoms with Crippen LogP contribution in [0.3, 0.4) is 0 Å². The fourth-order valence-corrected chi connectivity index (χ4v) is 4.17. The standard InChI is InChI=1S/C14H18Cl2N2O3S2/c1-3-7-17-14(19)12(6-8-22-2)18-23(20,21)13-9-10(15)4-5-11(13)16/h3-5,9,12,18H,1,6-8H2,2H3,(H,17,19). The van der Waals surface area contributed by atoms with Gasteiger partial charge in [0.25, 0.3) is 0 Å². The van der Waals surface area contributed by atoms with Crippen molar-refractivity contribution in [2.24, 2.45) is 0 Å². The molecule has 9 heteroatoms. The minimum absolute atomic E-state index is 0.0389. The van der Waals surface area contributed by atoms with Crippen molar-refractivity contribution in [2.75, 3.05) is 18.6 Å². The molecule has 0 aliphatic rings. The first-order valence-electron chi connectivity index (χ1n) is 6.66. The number of carbonyl (C=O) groups excluding carboxylic acids is 1. The van der Waals surface area contributed by atoms with Crippen LogP contribution in [0, 0.1) is 0 Å². The summed E-state index contributed by atoms with van der Waals surface area (Å²) in [4.78, 5) is 12.0. The average molecular weight is 397 g/mol. The SMILES string of the molecule is C=CCNC(=O)C(CCSC)NS(=O)(=O)c1cc(Cl)ccc1Cl. The Morgan fingerprint density at radius 3 is 2.74 bits per heavy atom. The van der Waals surface area contributed by atoms with Gasteiger partial charge in [-0.25, -0.2) is 8.42 Å².